The molecule has 0 spiro atoms. The van der Waals surface area contributed by atoms with Crippen LogP contribution in [0, 0.1) is 0 Å². The number of carbonyl (C=O) groups is 1. The number of anilines is 2. The number of nitrogen functional groups attached to an aromatic ring is 1. The molecule has 2 aromatic rings. The van der Waals surface area contributed by atoms with Crippen molar-refractivity contribution >= 4 is 28.7 Å². The van der Waals surface area contributed by atoms with Crippen molar-refractivity contribution in [2.45, 2.75) is 6.54 Å². The van der Waals surface area contributed by atoms with E-state index in [1.54, 1.807) is 23.8 Å². The van der Waals surface area contributed by atoms with Crippen molar-refractivity contribution in [3.63, 3.8) is 0 Å². The minimum Gasteiger partial charge on any atom is -0.478 e. The van der Waals surface area contributed by atoms with Crippen molar-refractivity contribution in [3.8, 4) is 0 Å². The number of hydrogen-bond donors (Lipinski definition) is 3. The summed E-state index contributed by atoms with van der Waals surface area (Å²) in [5.41, 5.74) is 8.50. The van der Waals surface area contributed by atoms with Crippen LogP contribution in [0.5, 0.6) is 0 Å². The quantitative estimate of drug-likeness (QED) is 0.721. The first-order chi connectivity index (χ1) is 8.18. The summed E-state index contributed by atoms with van der Waals surface area (Å²) in [6.07, 6.45) is 1.76. The minimum absolute atomic E-state index is 0.110. The summed E-state index contributed by atoms with van der Waals surface area (Å²) in [6, 6.07) is 4.90. The average molecular weight is 249 g/mol. The van der Waals surface area contributed by atoms with Gasteiger partial charge in [0.15, 0.2) is 0 Å². The van der Waals surface area contributed by atoms with E-state index in [1.807, 2.05) is 0 Å². The molecule has 0 saturated heterocycles. The molecular weight excluding hydrogens is 238 g/mol. The second-order valence-corrected chi connectivity index (χ2v) is 4.36. The van der Waals surface area contributed by atoms with E-state index < -0.39 is 5.97 Å². The van der Waals surface area contributed by atoms with E-state index in [-0.39, 0.29) is 11.3 Å². The molecule has 88 valence electrons. The number of nitrogens with one attached hydrogen (secondary N) is 1. The van der Waals surface area contributed by atoms with Crippen molar-refractivity contribution in [1.29, 1.82) is 0 Å². The third-order valence-electron chi connectivity index (χ3n) is 2.27. The second kappa shape index (κ2) is 4.84. The van der Waals surface area contributed by atoms with Crippen LogP contribution in [0.3, 0.4) is 0 Å². The number of nitrogens with zero attached hydrogens (tertiary/aromatic N) is 1. The molecule has 1 aromatic carbocycles. The number of nitrogens with two attached hydrogens (primary N) is 1. The largest absolute Gasteiger partial charge is 0.478 e. The Morgan fingerprint density at radius 1 is 1.53 bits per heavy atom. The van der Waals surface area contributed by atoms with Crippen LogP contribution in [0.25, 0.3) is 0 Å². The summed E-state index contributed by atoms with van der Waals surface area (Å²) in [5, 5.41) is 12.0. The fourth-order valence-electron chi connectivity index (χ4n) is 1.42. The van der Waals surface area contributed by atoms with Gasteiger partial charge in [-0.25, -0.2) is 4.79 Å². The molecule has 0 bridgehead atoms. The lowest BCUT2D eigenvalue weighted by atomic mass is 10.1. The normalized spacial score (nSPS) is 10.1. The molecule has 0 aliphatic heterocycles. The Bertz CT molecular complexity index is 526. The van der Waals surface area contributed by atoms with Gasteiger partial charge < -0.3 is 16.2 Å². The zero-order valence-corrected chi connectivity index (χ0v) is 9.70. The molecule has 0 aliphatic rings. The lowest BCUT2D eigenvalue weighted by Crippen LogP contribution is -2.07. The molecule has 6 heteroatoms. The summed E-state index contributed by atoms with van der Waals surface area (Å²) in [6.45, 7) is 0.581. The average Bonchev–Trinajstić information content (AvgIpc) is 2.80. The van der Waals surface area contributed by atoms with E-state index in [0.29, 0.717) is 12.2 Å². The topological polar surface area (TPSA) is 88.2 Å². The summed E-state index contributed by atoms with van der Waals surface area (Å²) < 4.78 is 0. The van der Waals surface area contributed by atoms with Gasteiger partial charge in [0.2, 0.25) is 0 Å². The Labute approximate surface area is 102 Å². The lowest BCUT2D eigenvalue weighted by molar-refractivity contribution is 0.0698. The number of hydrogen-bond acceptors (Lipinski definition) is 5. The molecule has 0 atom stereocenters. The molecule has 0 amide bonds. The molecule has 1 heterocycles. The van der Waals surface area contributed by atoms with Crippen LogP contribution in [0.1, 0.15) is 15.2 Å². The maximum atomic E-state index is 10.9. The fourth-order valence-corrected chi connectivity index (χ4v) is 1.95. The standard InChI is InChI=1S/C11H11N3O2S/c12-10-8(11(15)16)2-1-3-9(10)14-5-7-4-13-6-17-7/h1-4,6,14H,5,12H2,(H,15,16). The predicted octanol–water partition coefficient (Wildman–Crippen LogP) is 2.04. The predicted molar refractivity (Wildman–Crippen MR) is 67.3 cm³/mol. The van der Waals surface area contributed by atoms with Crippen molar-refractivity contribution in [2.75, 3.05) is 11.1 Å². The lowest BCUT2D eigenvalue weighted by Gasteiger charge is -2.09. The maximum Gasteiger partial charge on any atom is 0.337 e. The summed E-state index contributed by atoms with van der Waals surface area (Å²) >= 11 is 1.53. The van der Waals surface area contributed by atoms with Gasteiger partial charge in [-0.1, -0.05) is 6.07 Å². The van der Waals surface area contributed by atoms with Gasteiger partial charge in [0.25, 0.3) is 0 Å². The minimum atomic E-state index is -1.02. The number of carboxylic acids is 1. The smallest absolute Gasteiger partial charge is 0.337 e. The number of aromatic nitrogens is 1. The molecule has 0 radical (unpaired) electrons. The van der Waals surface area contributed by atoms with Crippen LogP contribution < -0.4 is 11.1 Å². The van der Waals surface area contributed by atoms with Crippen LogP contribution in [0.2, 0.25) is 0 Å². The van der Waals surface area contributed by atoms with Crippen molar-refractivity contribution in [2.24, 2.45) is 0 Å². The highest BCUT2D eigenvalue weighted by Gasteiger charge is 2.10. The molecule has 2 rings (SSSR count). The number of thiazole rings is 1. The monoisotopic (exact) mass is 249 g/mol. The highest BCUT2D eigenvalue weighted by atomic mass is 32.1. The molecule has 17 heavy (non-hydrogen) atoms. The molecule has 0 aliphatic carbocycles. The first-order valence-corrected chi connectivity index (χ1v) is 5.79. The van der Waals surface area contributed by atoms with Gasteiger partial charge in [-0.05, 0) is 12.1 Å². The van der Waals surface area contributed by atoms with E-state index in [1.165, 1.54) is 17.4 Å². The molecule has 5 nitrogen and oxygen atoms in total. The molecule has 4 N–H and O–H groups in total. The zero-order chi connectivity index (χ0) is 12.3. The number of para-hydroxylation sites is 1. The van der Waals surface area contributed by atoms with Crippen molar-refractivity contribution in [1.82, 2.24) is 4.98 Å². The van der Waals surface area contributed by atoms with Gasteiger partial charge in [0.05, 0.1) is 29.0 Å². The maximum absolute atomic E-state index is 10.9. The van der Waals surface area contributed by atoms with Gasteiger partial charge in [-0.3, -0.25) is 4.98 Å². The summed E-state index contributed by atoms with van der Waals surface area (Å²) in [4.78, 5) is 15.9. The third-order valence-corrected chi connectivity index (χ3v) is 3.05. The fraction of sp³-hybridized carbons (Fsp3) is 0.0909. The van der Waals surface area contributed by atoms with Crippen LogP contribution in [-0.4, -0.2) is 16.1 Å². The number of aromatic carboxylic acids is 1. The number of carboxylic acid groups (broad SMARTS) is 1. The van der Waals surface area contributed by atoms with E-state index in [2.05, 4.69) is 10.3 Å². The van der Waals surface area contributed by atoms with Crippen molar-refractivity contribution < 1.29 is 9.90 Å². The Kier molecular flexibility index (Phi) is 3.24. The highest BCUT2D eigenvalue weighted by Crippen LogP contribution is 2.23. The zero-order valence-electron chi connectivity index (χ0n) is 8.88. The number of rotatable bonds is 4. The molecule has 0 saturated carbocycles. The van der Waals surface area contributed by atoms with E-state index in [4.69, 9.17) is 10.8 Å². The Morgan fingerprint density at radius 2 is 2.35 bits per heavy atom. The number of benzene rings is 1. The van der Waals surface area contributed by atoms with Gasteiger partial charge >= 0.3 is 5.97 Å². The van der Waals surface area contributed by atoms with E-state index in [0.717, 1.165) is 4.88 Å². The van der Waals surface area contributed by atoms with E-state index in [9.17, 15) is 4.79 Å². The SMILES string of the molecule is Nc1c(NCc2cncs2)cccc1C(=O)O. The Morgan fingerprint density at radius 3 is 3.00 bits per heavy atom. The molecular formula is C11H11N3O2S. The van der Waals surface area contributed by atoms with Crippen molar-refractivity contribution in [3.05, 3.63) is 40.3 Å². The first kappa shape index (κ1) is 11.4. The van der Waals surface area contributed by atoms with Crippen LogP contribution >= 0.6 is 11.3 Å². The van der Waals surface area contributed by atoms with E-state index >= 15 is 0 Å². The second-order valence-electron chi connectivity index (χ2n) is 3.39. The molecule has 1 aromatic heterocycles. The summed E-state index contributed by atoms with van der Waals surface area (Å²) in [7, 11) is 0. The van der Waals surface area contributed by atoms with Gasteiger partial charge in [0, 0.05) is 11.1 Å². The van der Waals surface area contributed by atoms with Crippen LogP contribution in [-0.2, 0) is 6.54 Å². The van der Waals surface area contributed by atoms with Gasteiger partial charge in [-0.2, -0.15) is 0 Å². The van der Waals surface area contributed by atoms with Crippen LogP contribution in [0.15, 0.2) is 29.9 Å². The van der Waals surface area contributed by atoms with Gasteiger partial charge in [0.1, 0.15) is 0 Å². The first-order valence-electron chi connectivity index (χ1n) is 4.91. The van der Waals surface area contributed by atoms with Gasteiger partial charge in [-0.15, -0.1) is 11.3 Å². The Balaban J connectivity index is 2.16. The summed E-state index contributed by atoms with van der Waals surface area (Å²) in [5.74, 6) is -1.02. The molecule has 0 fully saturated rings. The Hall–Kier alpha value is -2.08. The van der Waals surface area contributed by atoms with Crippen LogP contribution in [0.4, 0.5) is 11.4 Å². The highest BCUT2D eigenvalue weighted by molar-refractivity contribution is 7.09. The molecule has 0 unspecified atom stereocenters. The third kappa shape index (κ3) is 2.54.